The zero-order chi connectivity index (χ0) is 35.8. The smallest absolute Gasteiger partial charge is 0.323 e. The van der Waals surface area contributed by atoms with E-state index in [0.29, 0.717) is 30.9 Å². The second-order valence-corrected chi connectivity index (χ2v) is 14.0. The van der Waals surface area contributed by atoms with Crippen LogP contribution in [0.1, 0.15) is 74.7 Å². The summed E-state index contributed by atoms with van der Waals surface area (Å²) in [7, 11) is 0. The van der Waals surface area contributed by atoms with Crippen LogP contribution in [0.5, 0.6) is 11.5 Å². The molecule has 4 aromatic rings. The Balaban J connectivity index is 1.07. The predicted molar refractivity (Wildman–Crippen MR) is 194 cm³/mol. The second kappa shape index (κ2) is 16.5. The average molecular weight is 694 g/mol. The molecule has 51 heavy (non-hydrogen) atoms. The second-order valence-electron chi connectivity index (χ2n) is 14.0. The van der Waals surface area contributed by atoms with Crippen molar-refractivity contribution in [3.63, 3.8) is 0 Å². The van der Waals surface area contributed by atoms with Crippen LogP contribution in [0.3, 0.4) is 0 Å². The summed E-state index contributed by atoms with van der Waals surface area (Å²) in [4.78, 5) is 27.9. The van der Waals surface area contributed by atoms with Crippen LogP contribution in [0.2, 0.25) is 0 Å². The number of nitrogens with one attached hydrogen (secondary N) is 2. The molecular weight excluding hydrogens is 646 g/mol. The predicted octanol–water partition coefficient (Wildman–Crippen LogP) is 7.64. The molecule has 0 unspecified atom stereocenters. The van der Waals surface area contributed by atoms with Gasteiger partial charge in [0.15, 0.2) is 6.29 Å². The SMILES string of the molecule is CC(C)(C)OC(=O)[C@@H]1CCCN1C[C@@H]1C[C@H](c2ccc(CO)cc2)O[C@H](c2ccc(CNC(=O)Nc3ccc(Oc4ccccc4)cc3)cc2)O1. The lowest BCUT2D eigenvalue weighted by molar-refractivity contribution is -0.253. The highest BCUT2D eigenvalue weighted by molar-refractivity contribution is 5.89. The van der Waals surface area contributed by atoms with E-state index in [1.165, 1.54) is 0 Å². The number of hydrogen-bond acceptors (Lipinski definition) is 8. The third-order valence-electron chi connectivity index (χ3n) is 8.89. The molecule has 2 saturated heterocycles. The van der Waals surface area contributed by atoms with Crippen molar-refractivity contribution in [1.82, 2.24) is 10.2 Å². The molecule has 10 nitrogen and oxygen atoms in total. The summed E-state index contributed by atoms with van der Waals surface area (Å²) in [5.41, 5.74) is 3.71. The Labute approximate surface area is 299 Å². The quantitative estimate of drug-likeness (QED) is 0.137. The molecular formula is C41H47N3O7. The topological polar surface area (TPSA) is 119 Å². The molecule has 6 rings (SSSR count). The number of para-hydroxylation sites is 1. The minimum Gasteiger partial charge on any atom is -0.459 e. The van der Waals surface area contributed by atoms with Gasteiger partial charge in [0.25, 0.3) is 0 Å². The highest BCUT2D eigenvalue weighted by Gasteiger charge is 2.39. The maximum Gasteiger partial charge on any atom is 0.323 e. The Morgan fingerprint density at radius 1 is 0.843 bits per heavy atom. The van der Waals surface area contributed by atoms with Gasteiger partial charge in [-0.15, -0.1) is 0 Å². The third-order valence-corrected chi connectivity index (χ3v) is 8.89. The first kappa shape index (κ1) is 36.1. The minimum atomic E-state index is -0.631. The molecule has 4 atom stereocenters. The van der Waals surface area contributed by atoms with Crippen LogP contribution < -0.4 is 15.4 Å². The Morgan fingerprint density at radius 2 is 1.51 bits per heavy atom. The number of benzene rings is 4. The molecule has 2 fully saturated rings. The van der Waals surface area contributed by atoms with E-state index >= 15 is 0 Å². The Morgan fingerprint density at radius 3 is 2.20 bits per heavy atom. The summed E-state index contributed by atoms with van der Waals surface area (Å²) in [5, 5.41) is 15.3. The Bertz CT molecular complexity index is 1720. The summed E-state index contributed by atoms with van der Waals surface area (Å²) in [5.74, 6) is 1.23. The first-order valence-corrected chi connectivity index (χ1v) is 17.6. The molecule has 10 heteroatoms. The number of rotatable bonds is 11. The Kier molecular flexibility index (Phi) is 11.7. The van der Waals surface area contributed by atoms with Gasteiger partial charge in [-0.25, -0.2) is 4.79 Å². The fourth-order valence-corrected chi connectivity index (χ4v) is 6.36. The highest BCUT2D eigenvalue weighted by atomic mass is 16.7. The number of likely N-dealkylation sites (tertiary alicyclic amines) is 1. The molecule has 0 aromatic heterocycles. The molecule has 0 bridgehead atoms. The van der Waals surface area contributed by atoms with Gasteiger partial charge in [0.2, 0.25) is 0 Å². The van der Waals surface area contributed by atoms with Gasteiger partial charge in [-0.3, -0.25) is 9.69 Å². The van der Waals surface area contributed by atoms with E-state index in [2.05, 4.69) is 15.5 Å². The van der Waals surface area contributed by atoms with Crippen LogP contribution in [-0.4, -0.2) is 52.8 Å². The van der Waals surface area contributed by atoms with Gasteiger partial charge < -0.3 is 34.7 Å². The summed E-state index contributed by atoms with van der Waals surface area (Å²) in [6.45, 7) is 7.36. The molecule has 2 aliphatic rings. The largest absolute Gasteiger partial charge is 0.459 e. The van der Waals surface area contributed by atoms with Crippen LogP contribution in [0.4, 0.5) is 10.5 Å². The van der Waals surface area contributed by atoms with Gasteiger partial charge in [-0.2, -0.15) is 0 Å². The molecule has 0 radical (unpaired) electrons. The van der Waals surface area contributed by atoms with Crippen molar-refractivity contribution in [1.29, 1.82) is 0 Å². The van der Waals surface area contributed by atoms with Crippen LogP contribution >= 0.6 is 0 Å². The van der Waals surface area contributed by atoms with Crippen LogP contribution in [-0.2, 0) is 32.2 Å². The minimum absolute atomic E-state index is 0.0260. The molecule has 0 aliphatic carbocycles. The lowest BCUT2D eigenvalue weighted by Gasteiger charge is -2.38. The molecule has 0 spiro atoms. The monoisotopic (exact) mass is 693 g/mol. The van der Waals surface area contributed by atoms with Crippen molar-refractivity contribution in [3.8, 4) is 11.5 Å². The zero-order valence-corrected chi connectivity index (χ0v) is 29.4. The van der Waals surface area contributed by atoms with E-state index in [1.54, 1.807) is 24.3 Å². The van der Waals surface area contributed by atoms with E-state index in [4.69, 9.17) is 18.9 Å². The Hall–Kier alpha value is -4.74. The number of urea groups is 1. The van der Waals surface area contributed by atoms with E-state index in [-0.39, 0.29) is 36.9 Å². The average Bonchev–Trinajstić information content (AvgIpc) is 3.60. The van der Waals surface area contributed by atoms with Crippen LogP contribution in [0.15, 0.2) is 103 Å². The lowest BCUT2D eigenvalue weighted by atomic mass is 9.99. The van der Waals surface area contributed by atoms with Crippen molar-refractivity contribution in [2.24, 2.45) is 0 Å². The normalized spacial score (nSPS) is 20.8. The maximum atomic E-state index is 13.0. The zero-order valence-electron chi connectivity index (χ0n) is 29.4. The number of aliphatic hydroxyl groups excluding tert-OH is 1. The van der Waals surface area contributed by atoms with Gasteiger partial charge in [0, 0.05) is 30.8 Å². The molecule has 268 valence electrons. The van der Waals surface area contributed by atoms with Crippen molar-refractivity contribution in [2.45, 2.75) is 83.3 Å². The molecule has 2 amide bonds. The van der Waals surface area contributed by atoms with E-state index < -0.39 is 11.9 Å². The highest BCUT2D eigenvalue weighted by Crippen LogP contribution is 2.39. The van der Waals surface area contributed by atoms with Gasteiger partial charge in [0.05, 0.1) is 18.8 Å². The number of hydrogen-bond donors (Lipinski definition) is 3. The van der Waals surface area contributed by atoms with E-state index in [1.807, 2.05) is 99.6 Å². The fraction of sp³-hybridized carbons (Fsp3) is 0.366. The molecule has 2 aliphatic heterocycles. The number of carbonyl (C=O) groups is 2. The molecule has 3 N–H and O–H groups in total. The van der Waals surface area contributed by atoms with Crippen LogP contribution in [0, 0.1) is 0 Å². The molecule has 0 saturated carbocycles. The van der Waals surface area contributed by atoms with Gasteiger partial charge in [0.1, 0.15) is 23.1 Å². The lowest BCUT2D eigenvalue weighted by Crippen LogP contribution is -2.45. The van der Waals surface area contributed by atoms with E-state index in [9.17, 15) is 14.7 Å². The third kappa shape index (κ3) is 10.2. The summed E-state index contributed by atoms with van der Waals surface area (Å²) in [6, 6.07) is 31.7. The van der Waals surface area contributed by atoms with Crippen LogP contribution in [0.25, 0.3) is 0 Å². The number of esters is 1. The first-order valence-electron chi connectivity index (χ1n) is 17.6. The number of aliphatic hydroxyl groups is 1. The number of nitrogens with zero attached hydrogens (tertiary/aromatic N) is 1. The van der Waals surface area contributed by atoms with Gasteiger partial charge in [-0.05, 0) is 93.2 Å². The number of anilines is 1. The van der Waals surface area contributed by atoms with Crippen molar-refractivity contribution < 1.29 is 33.6 Å². The molecule has 2 heterocycles. The number of amides is 2. The van der Waals surface area contributed by atoms with Crippen molar-refractivity contribution >= 4 is 17.7 Å². The standard InChI is InChI=1S/C41H47N3O7/c1-41(2,3)51-38(46)36-10-7-23-44(36)26-35-24-37(30-15-13-29(27-45)14-16-30)50-39(49-35)31-17-11-28(12-18-31)25-42-40(47)43-32-19-21-34(22-20-32)48-33-8-5-4-6-9-33/h4-6,8-9,11-22,35-37,39,45H,7,10,23-27H2,1-3H3,(H2,42,43,47)/t35-,36-,37+,39+/m0/s1. The van der Waals surface area contributed by atoms with Gasteiger partial charge in [-0.1, -0.05) is 66.7 Å². The van der Waals surface area contributed by atoms with Crippen molar-refractivity contribution in [3.05, 3.63) is 125 Å². The first-order chi connectivity index (χ1) is 24.6. The summed E-state index contributed by atoms with van der Waals surface area (Å²) < 4.78 is 24.7. The summed E-state index contributed by atoms with van der Waals surface area (Å²) >= 11 is 0. The fourth-order valence-electron chi connectivity index (χ4n) is 6.36. The number of carbonyl (C=O) groups excluding carboxylic acids is 2. The van der Waals surface area contributed by atoms with E-state index in [0.717, 1.165) is 47.4 Å². The van der Waals surface area contributed by atoms with Gasteiger partial charge >= 0.3 is 12.0 Å². The maximum absolute atomic E-state index is 13.0. The number of ether oxygens (including phenoxy) is 4. The van der Waals surface area contributed by atoms with Crippen molar-refractivity contribution in [2.75, 3.05) is 18.4 Å². The molecule has 4 aromatic carbocycles. The summed E-state index contributed by atoms with van der Waals surface area (Å²) in [6.07, 6.45) is 1.23.